The van der Waals surface area contributed by atoms with Crippen LogP contribution < -0.4 is 0 Å². The number of carboxylic acid groups (broad SMARTS) is 1. The molecule has 0 aromatic heterocycles. The summed E-state index contributed by atoms with van der Waals surface area (Å²) >= 11 is 0. The topological polar surface area (TPSA) is 46.5 Å². The second-order valence-corrected chi connectivity index (χ2v) is 6.34. The van der Waals surface area contributed by atoms with Crippen molar-refractivity contribution in [2.75, 3.05) is 0 Å². The number of rotatable bonds is 3. The Morgan fingerprint density at radius 3 is 2.44 bits per heavy atom. The molecule has 2 fully saturated rings. The van der Waals surface area contributed by atoms with Crippen LogP contribution in [0.15, 0.2) is 0 Å². The molecule has 0 radical (unpaired) electrons. The summed E-state index contributed by atoms with van der Waals surface area (Å²) in [5, 5.41) is 8.88. The van der Waals surface area contributed by atoms with E-state index in [-0.39, 0.29) is 11.0 Å². The number of hydrogen-bond acceptors (Lipinski definition) is 2. The van der Waals surface area contributed by atoms with E-state index in [4.69, 9.17) is 9.84 Å². The normalized spacial score (nSPS) is 31.9. The SMILES string of the molecule is CC(C)(C)OC1CC(CC(=O)O)C12CCC2. The van der Waals surface area contributed by atoms with Gasteiger partial charge in [-0.2, -0.15) is 0 Å². The van der Waals surface area contributed by atoms with Gasteiger partial charge in [-0.25, -0.2) is 0 Å². The van der Waals surface area contributed by atoms with Gasteiger partial charge in [0, 0.05) is 11.8 Å². The smallest absolute Gasteiger partial charge is 0.303 e. The van der Waals surface area contributed by atoms with E-state index in [2.05, 4.69) is 20.8 Å². The molecule has 1 spiro atoms. The zero-order valence-electron chi connectivity index (χ0n) is 10.5. The first-order chi connectivity index (χ1) is 7.33. The molecule has 2 atom stereocenters. The molecule has 2 aliphatic rings. The highest BCUT2D eigenvalue weighted by Crippen LogP contribution is 2.62. The van der Waals surface area contributed by atoms with Crippen LogP contribution in [0.1, 0.15) is 52.9 Å². The fourth-order valence-electron chi connectivity index (χ4n) is 3.24. The third-order valence-corrected chi connectivity index (χ3v) is 4.15. The lowest BCUT2D eigenvalue weighted by molar-refractivity contribution is -0.234. The molecule has 0 amide bonds. The largest absolute Gasteiger partial charge is 0.481 e. The molecule has 3 nitrogen and oxygen atoms in total. The maximum atomic E-state index is 10.8. The van der Waals surface area contributed by atoms with Crippen molar-refractivity contribution in [1.29, 1.82) is 0 Å². The van der Waals surface area contributed by atoms with Gasteiger partial charge in [-0.3, -0.25) is 4.79 Å². The van der Waals surface area contributed by atoms with Gasteiger partial charge in [0.25, 0.3) is 0 Å². The van der Waals surface area contributed by atoms with Crippen molar-refractivity contribution in [2.45, 2.75) is 64.6 Å². The van der Waals surface area contributed by atoms with E-state index in [1.165, 1.54) is 6.42 Å². The lowest BCUT2D eigenvalue weighted by atomic mass is 9.47. The lowest BCUT2D eigenvalue weighted by Crippen LogP contribution is -2.60. The molecule has 92 valence electrons. The van der Waals surface area contributed by atoms with Gasteiger partial charge >= 0.3 is 5.97 Å². The summed E-state index contributed by atoms with van der Waals surface area (Å²) in [7, 11) is 0. The molecular weight excluding hydrogens is 204 g/mol. The van der Waals surface area contributed by atoms with Crippen molar-refractivity contribution in [3.63, 3.8) is 0 Å². The summed E-state index contributed by atoms with van der Waals surface area (Å²) in [5.41, 5.74) is 0.104. The van der Waals surface area contributed by atoms with E-state index in [1.807, 2.05) is 0 Å². The van der Waals surface area contributed by atoms with E-state index >= 15 is 0 Å². The molecule has 2 aliphatic carbocycles. The average molecular weight is 226 g/mol. The fraction of sp³-hybridized carbons (Fsp3) is 0.923. The minimum absolute atomic E-state index is 0.110. The first-order valence-corrected chi connectivity index (χ1v) is 6.23. The van der Waals surface area contributed by atoms with Crippen molar-refractivity contribution in [1.82, 2.24) is 0 Å². The molecule has 0 bridgehead atoms. The van der Waals surface area contributed by atoms with E-state index in [1.54, 1.807) is 0 Å². The van der Waals surface area contributed by atoms with Gasteiger partial charge in [0.05, 0.1) is 11.7 Å². The molecule has 0 aromatic rings. The molecule has 3 heteroatoms. The summed E-state index contributed by atoms with van der Waals surface area (Å²) in [5.74, 6) is -0.309. The van der Waals surface area contributed by atoms with Crippen molar-refractivity contribution in [3.8, 4) is 0 Å². The van der Waals surface area contributed by atoms with Crippen molar-refractivity contribution < 1.29 is 14.6 Å². The lowest BCUT2D eigenvalue weighted by Gasteiger charge is -2.62. The van der Waals surface area contributed by atoms with Crippen LogP contribution in [0.25, 0.3) is 0 Å². The molecule has 0 aliphatic heterocycles. The first kappa shape index (κ1) is 11.9. The molecule has 2 rings (SSSR count). The second kappa shape index (κ2) is 3.73. The van der Waals surface area contributed by atoms with Gasteiger partial charge in [0.2, 0.25) is 0 Å². The molecule has 16 heavy (non-hydrogen) atoms. The van der Waals surface area contributed by atoms with E-state index in [0.29, 0.717) is 18.4 Å². The Labute approximate surface area is 97.2 Å². The number of aliphatic carboxylic acids is 1. The maximum absolute atomic E-state index is 10.8. The van der Waals surface area contributed by atoms with Gasteiger partial charge in [0.15, 0.2) is 0 Å². The monoisotopic (exact) mass is 226 g/mol. The van der Waals surface area contributed by atoms with E-state index < -0.39 is 5.97 Å². The average Bonchev–Trinajstić information content (AvgIpc) is 1.94. The van der Waals surface area contributed by atoms with Crippen LogP contribution in [-0.2, 0) is 9.53 Å². The summed E-state index contributed by atoms with van der Waals surface area (Å²) < 4.78 is 6.05. The van der Waals surface area contributed by atoms with E-state index in [9.17, 15) is 4.79 Å². The minimum atomic E-state index is -0.662. The number of carboxylic acids is 1. The maximum Gasteiger partial charge on any atom is 0.303 e. The number of hydrogen-bond donors (Lipinski definition) is 1. The Balaban J connectivity index is 1.97. The third-order valence-electron chi connectivity index (χ3n) is 4.15. The van der Waals surface area contributed by atoms with Gasteiger partial charge in [-0.05, 0) is 46.0 Å². The summed E-state index contributed by atoms with van der Waals surface area (Å²) in [6.07, 6.45) is 5.11. The Kier molecular flexibility index (Phi) is 2.77. The van der Waals surface area contributed by atoms with Crippen LogP contribution in [0.5, 0.6) is 0 Å². The molecule has 0 aromatic carbocycles. The second-order valence-electron chi connectivity index (χ2n) is 6.34. The Morgan fingerprint density at radius 1 is 1.44 bits per heavy atom. The molecule has 1 N–H and O–H groups in total. The highest BCUT2D eigenvalue weighted by atomic mass is 16.5. The standard InChI is InChI=1S/C13H22O3/c1-12(2,3)16-10-7-9(8-11(14)15)13(10)5-4-6-13/h9-10H,4-8H2,1-3H3,(H,14,15). The van der Waals surface area contributed by atoms with E-state index in [0.717, 1.165) is 19.3 Å². The van der Waals surface area contributed by atoms with Gasteiger partial charge in [-0.15, -0.1) is 0 Å². The van der Waals surface area contributed by atoms with Gasteiger partial charge < -0.3 is 9.84 Å². The van der Waals surface area contributed by atoms with Crippen LogP contribution in [0.3, 0.4) is 0 Å². The van der Waals surface area contributed by atoms with Crippen LogP contribution >= 0.6 is 0 Å². The molecule has 2 unspecified atom stereocenters. The van der Waals surface area contributed by atoms with Crippen molar-refractivity contribution in [3.05, 3.63) is 0 Å². The molecule has 0 heterocycles. The number of ether oxygens (including phenoxy) is 1. The molecule has 0 saturated heterocycles. The number of carbonyl (C=O) groups is 1. The van der Waals surface area contributed by atoms with Crippen molar-refractivity contribution >= 4 is 5.97 Å². The van der Waals surface area contributed by atoms with Gasteiger partial charge in [-0.1, -0.05) is 6.42 Å². The summed E-state index contributed by atoms with van der Waals surface area (Å²) in [6, 6.07) is 0. The Bertz CT molecular complexity index is 286. The van der Waals surface area contributed by atoms with Crippen LogP contribution in [0, 0.1) is 11.3 Å². The van der Waals surface area contributed by atoms with Crippen molar-refractivity contribution in [2.24, 2.45) is 11.3 Å². The predicted octanol–water partition coefficient (Wildman–Crippen LogP) is 2.84. The zero-order valence-corrected chi connectivity index (χ0v) is 10.5. The van der Waals surface area contributed by atoms with Crippen LogP contribution in [0.2, 0.25) is 0 Å². The predicted molar refractivity (Wildman–Crippen MR) is 61.3 cm³/mol. The molecule has 2 saturated carbocycles. The minimum Gasteiger partial charge on any atom is -0.481 e. The first-order valence-electron chi connectivity index (χ1n) is 6.23. The van der Waals surface area contributed by atoms with Crippen LogP contribution in [0.4, 0.5) is 0 Å². The summed E-state index contributed by atoms with van der Waals surface area (Å²) in [4.78, 5) is 10.8. The molecular formula is C13H22O3. The van der Waals surface area contributed by atoms with Gasteiger partial charge in [0.1, 0.15) is 0 Å². The zero-order chi connectivity index (χ0) is 12.0. The Morgan fingerprint density at radius 2 is 2.06 bits per heavy atom. The summed E-state index contributed by atoms with van der Waals surface area (Å²) in [6.45, 7) is 6.22. The quantitative estimate of drug-likeness (QED) is 0.805. The fourth-order valence-corrected chi connectivity index (χ4v) is 3.24. The highest BCUT2D eigenvalue weighted by Gasteiger charge is 2.59. The highest BCUT2D eigenvalue weighted by molar-refractivity contribution is 5.67. The Hall–Kier alpha value is -0.570. The van der Waals surface area contributed by atoms with Crippen LogP contribution in [-0.4, -0.2) is 22.8 Å². The third kappa shape index (κ3) is 1.97.